The Kier molecular flexibility index (Phi) is 11.8. The standard InChI is InChI=1S/C53H48N2O5/c56-29-25-52(33-45(49(58)39-19-9-3-10-20-39)43(37-15-5-1-6-16-37)31-47(52)41-23-13-27-54-35-41)51(60)53(26-30-57)34-46(50(59)40-21-11-4-12-22-40)44(38-17-7-2-8-18-38)32-48(53)42-24-14-28-55-36-42/h1-22,27-28,31-36,47-48,54-57H,23-26,29-30H2. The number of benzene rings is 4. The molecule has 300 valence electrons. The number of hydrogen-bond donors (Lipinski definition) is 4. The third-order valence-corrected chi connectivity index (χ3v) is 12.3. The molecule has 4 atom stereocenters. The Labute approximate surface area is 351 Å². The van der Waals surface area contributed by atoms with E-state index >= 15 is 4.79 Å². The number of Topliss-reactive ketones (excluding diaryl/α,β-unsaturated/α-hetero) is 3. The smallest absolute Gasteiger partial charge is 0.193 e. The van der Waals surface area contributed by atoms with Gasteiger partial charge in [0.15, 0.2) is 17.3 Å². The van der Waals surface area contributed by atoms with Gasteiger partial charge in [-0.15, -0.1) is 0 Å². The summed E-state index contributed by atoms with van der Waals surface area (Å²) in [6.07, 6.45) is 20.2. The van der Waals surface area contributed by atoms with Crippen molar-refractivity contribution in [2.75, 3.05) is 13.2 Å². The van der Waals surface area contributed by atoms with Crippen molar-refractivity contribution >= 4 is 28.5 Å². The van der Waals surface area contributed by atoms with Crippen LogP contribution in [0.3, 0.4) is 0 Å². The van der Waals surface area contributed by atoms with E-state index in [1.807, 2.05) is 158 Å². The van der Waals surface area contributed by atoms with Gasteiger partial charge in [0.25, 0.3) is 0 Å². The van der Waals surface area contributed by atoms with Gasteiger partial charge in [-0.2, -0.15) is 0 Å². The fourth-order valence-corrected chi connectivity index (χ4v) is 9.43. The fourth-order valence-electron chi connectivity index (χ4n) is 9.43. The topological polar surface area (TPSA) is 116 Å². The highest BCUT2D eigenvalue weighted by Gasteiger charge is 2.58. The SMILES string of the molecule is O=C(C1=CC(CCO)(C(=O)C2(CCO)C=C(C(=O)c3ccccc3)C(c3ccccc3)=CC2C2=CNC=CC2)C(C2=CNC=CC2)C=C1c1ccccc1)c1ccccc1. The molecule has 0 saturated carbocycles. The van der Waals surface area contributed by atoms with Crippen molar-refractivity contribution in [3.05, 3.63) is 227 Å². The van der Waals surface area contributed by atoms with Crippen LogP contribution in [-0.2, 0) is 4.79 Å². The van der Waals surface area contributed by atoms with Gasteiger partial charge in [-0.05, 0) is 71.5 Å². The minimum absolute atomic E-state index is 0.0240. The Morgan fingerprint density at radius 2 is 0.900 bits per heavy atom. The third kappa shape index (κ3) is 7.54. The summed E-state index contributed by atoms with van der Waals surface area (Å²) >= 11 is 0. The number of nitrogens with one attached hydrogen (secondary N) is 2. The lowest BCUT2D eigenvalue weighted by atomic mass is 9.51. The Bertz CT molecular complexity index is 2340. The van der Waals surface area contributed by atoms with Crippen molar-refractivity contribution in [1.29, 1.82) is 0 Å². The highest BCUT2D eigenvalue weighted by atomic mass is 16.3. The first-order valence-corrected chi connectivity index (χ1v) is 20.6. The molecule has 2 heterocycles. The molecule has 2 aliphatic carbocycles. The molecule has 7 nitrogen and oxygen atoms in total. The Morgan fingerprint density at radius 3 is 1.23 bits per heavy atom. The molecule has 4 aromatic carbocycles. The van der Waals surface area contributed by atoms with Crippen LogP contribution in [0.25, 0.3) is 11.1 Å². The second-order valence-electron chi connectivity index (χ2n) is 15.7. The number of rotatable bonds is 14. The Morgan fingerprint density at radius 1 is 0.533 bits per heavy atom. The van der Waals surface area contributed by atoms with Crippen molar-refractivity contribution in [2.45, 2.75) is 25.7 Å². The van der Waals surface area contributed by atoms with E-state index in [-0.39, 0.29) is 43.4 Å². The molecule has 0 radical (unpaired) electrons. The van der Waals surface area contributed by atoms with E-state index in [1.54, 1.807) is 24.3 Å². The molecular weight excluding hydrogens is 745 g/mol. The molecule has 4 N–H and O–H groups in total. The molecule has 0 saturated heterocycles. The fraction of sp³-hybridized carbons (Fsp3) is 0.189. The van der Waals surface area contributed by atoms with Gasteiger partial charge in [0.2, 0.25) is 0 Å². The number of aliphatic hydroxyl groups is 2. The van der Waals surface area contributed by atoms with Gasteiger partial charge in [-0.3, -0.25) is 14.4 Å². The number of carbonyl (C=O) groups is 3. The number of carbonyl (C=O) groups excluding carboxylic acids is 3. The average molecular weight is 793 g/mol. The monoisotopic (exact) mass is 792 g/mol. The van der Waals surface area contributed by atoms with Crippen LogP contribution in [-0.4, -0.2) is 40.8 Å². The predicted octanol–water partition coefficient (Wildman–Crippen LogP) is 9.12. The van der Waals surface area contributed by atoms with E-state index < -0.39 is 22.7 Å². The quantitative estimate of drug-likeness (QED) is 0.0942. The molecule has 0 fully saturated rings. The van der Waals surface area contributed by atoms with Gasteiger partial charge in [0.05, 0.1) is 10.8 Å². The summed E-state index contributed by atoms with van der Waals surface area (Å²) in [6.45, 7) is -0.734. The maximum atomic E-state index is 16.9. The van der Waals surface area contributed by atoms with Crippen LogP contribution in [0.5, 0.6) is 0 Å². The molecular formula is C53H48N2O5. The van der Waals surface area contributed by atoms with E-state index in [9.17, 15) is 19.8 Å². The number of hydrogen-bond acceptors (Lipinski definition) is 7. The predicted molar refractivity (Wildman–Crippen MR) is 237 cm³/mol. The van der Waals surface area contributed by atoms with Crippen LogP contribution in [0.4, 0.5) is 0 Å². The van der Waals surface area contributed by atoms with E-state index in [0.29, 0.717) is 46.3 Å². The molecule has 0 bridgehead atoms. The molecule has 4 unspecified atom stereocenters. The van der Waals surface area contributed by atoms with Gasteiger partial charge in [0, 0.05) is 59.7 Å². The summed E-state index contributed by atoms with van der Waals surface area (Å²) in [4.78, 5) is 46.7. The maximum absolute atomic E-state index is 16.9. The molecule has 4 aliphatic rings. The van der Waals surface area contributed by atoms with Crippen LogP contribution >= 0.6 is 0 Å². The molecule has 0 spiro atoms. The van der Waals surface area contributed by atoms with Crippen molar-refractivity contribution in [1.82, 2.24) is 10.6 Å². The lowest BCUT2D eigenvalue weighted by Crippen LogP contribution is -2.52. The van der Waals surface area contributed by atoms with E-state index in [0.717, 1.165) is 22.3 Å². The number of dihydropyridines is 2. The average Bonchev–Trinajstić information content (AvgIpc) is 3.32. The van der Waals surface area contributed by atoms with Crippen LogP contribution in [0, 0.1) is 22.7 Å². The molecule has 7 heteroatoms. The summed E-state index contributed by atoms with van der Waals surface area (Å²) in [5.74, 6) is -2.06. The minimum Gasteiger partial charge on any atom is -0.396 e. The summed E-state index contributed by atoms with van der Waals surface area (Å²) in [5.41, 5.74) is 3.40. The van der Waals surface area contributed by atoms with Crippen molar-refractivity contribution in [3.63, 3.8) is 0 Å². The zero-order chi connectivity index (χ0) is 41.5. The van der Waals surface area contributed by atoms with Gasteiger partial charge < -0.3 is 20.8 Å². The van der Waals surface area contributed by atoms with E-state index in [1.165, 1.54) is 0 Å². The second-order valence-corrected chi connectivity index (χ2v) is 15.7. The molecule has 8 rings (SSSR count). The Balaban J connectivity index is 1.43. The van der Waals surface area contributed by atoms with Gasteiger partial charge in [-0.25, -0.2) is 0 Å². The van der Waals surface area contributed by atoms with Crippen LogP contribution in [0.15, 0.2) is 205 Å². The molecule has 0 amide bonds. The molecule has 0 aromatic heterocycles. The second kappa shape index (κ2) is 17.7. The zero-order valence-corrected chi connectivity index (χ0v) is 33.3. The summed E-state index contributed by atoms with van der Waals surface area (Å²) in [7, 11) is 0. The first-order chi connectivity index (χ1) is 29.4. The van der Waals surface area contributed by atoms with Crippen LogP contribution < -0.4 is 10.6 Å². The lowest BCUT2D eigenvalue weighted by molar-refractivity contribution is -0.139. The van der Waals surface area contributed by atoms with E-state index in [2.05, 4.69) is 10.6 Å². The third-order valence-electron chi connectivity index (χ3n) is 12.3. The molecule has 2 aliphatic heterocycles. The maximum Gasteiger partial charge on any atom is 0.193 e. The zero-order valence-electron chi connectivity index (χ0n) is 33.3. The molecule has 4 aromatic rings. The van der Waals surface area contributed by atoms with Crippen molar-refractivity contribution in [3.8, 4) is 0 Å². The van der Waals surface area contributed by atoms with Crippen molar-refractivity contribution in [2.24, 2.45) is 22.7 Å². The van der Waals surface area contributed by atoms with Gasteiger partial charge in [-0.1, -0.05) is 158 Å². The highest BCUT2D eigenvalue weighted by molar-refractivity contribution is 6.21. The number of allylic oxidation sites excluding steroid dienone is 12. The molecule has 60 heavy (non-hydrogen) atoms. The van der Waals surface area contributed by atoms with Crippen molar-refractivity contribution < 1.29 is 24.6 Å². The van der Waals surface area contributed by atoms with Gasteiger partial charge >= 0.3 is 0 Å². The van der Waals surface area contributed by atoms with Crippen LogP contribution in [0.1, 0.15) is 57.5 Å². The minimum atomic E-state index is -1.52. The van der Waals surface area contributed by atoms with E-state index in [4.69, 9.17) is 0 Å². The number of aliphatic hydroxyl groups excluding tert-OH is 2. The Hall–Kier alpha value is -6.67. The van der Waals surface area contributed by atoms with Gasteiger partial charge in [0.1, 0.15) is 0 Å². The summed E-state index contributed by atoms with van der Waals surface area (Å²) in [5, 5.41) is 28.8. The lowest BCUT2D eigenvalue weighted by Gasteiger charge is -2.50. The largest absolute Gasteiger partial charge is 0.396 e. The number of ketones is 3. The highest BCUT2D eigenvalue weighted by Crippen LogP contribution is 2.58. The summed E-state index contributed by atoms with van der Waals surface area (Å²) < 4.78 is 0. The summed E-state index contributed by atoms with van der Waals surface area (Å²) in [6, 6.07) is 37.5. The first-order valence-electron chi connectivity index (χ1n) is 20.6. The normalized spacial score (nSPS) is 23.4. The van der Waals surface area contributed by atoms with Crippen LogP contribution in [0.2, 0.25) is 0 Å². The first kappa shape index (κ1) is 40.1.